The summed E-state index contributed by atoms with van der Waals surface area (Å²) in [6, 6.07) is 13.3. The van der Waals surface area contributed by atoms with Crippen molar-refractivity contribution in [2.75, 3.05) is 34.0 Å². The quantitative estimate of drug-likeness (QED) is 0.481. The first kappa shape index (κ1) is 22.4. The molecule has 1 fully saturated rings. The van der Waals surface area contributed by atoms with Crippen LogP contribution in [0.2, 0.25) is 0 Å². The van der Waals surface area contributed by atoms with Crippen LogP contribution in [-0.2, 0) is 9.53 Å². The molecule has 8 heteroatoms. The largest absolute Gasteiger partial charge is 0.493 e. The molecule has 0 saturated carbocycles. The molecule has 2 aromatic carbocycles. The normalized spacial score (nSPS) is 16.5. The second-order valence-corrected chi connectivity index (χ2v) is 8.11. The van der Waals surface area contributed by atoms with Crippen molar-refractivity contribution in [1.82, 2.24) is 4.90 Å². The fraction of sp³-hybridized carbons (Fsp3) is 0.273. The zero-order chi connectivity index (χ0) is 21.5. The van der Waals surface area contributed by atoms with Gasteiger partial charge in [-0.2, -0.15) is 0 Å². The molecule has 30 heavy (non-hydrogen) atoms. The first-order valence-electron chi connectivity index (χ1n) is 9.41. The van der Waals surface area contributed by atoms with Crippen LogP contribution in [0, 0.1) is 0 Å². The van der Waals surface area contributed by atoms with Gasteiger partial charge in [-0.05, 0) is 54.6 Å². The highest BCUT2D eigenvalue weighted by Gasteiger charge is 2.33. The van der Waals surface area contributed by atoms with E-state index in [9.17, 15) is 4.79 Å². The smallest absolute Gasteiger partial charge is 0.266 e. The highest BCUT2D eigenvalue weighted by atomic mass is 79.9. The maximum Gasteiger partial charge on any atom is 0.266 e. The van der Waals surface area contributed by atoms with Gasteiger partial charge in [0.25, 0.3) is 5.91 Å². The minimum absolute atomic E-state index is 0.104. The van der Waals surface area contributed by atoms with Gasteiger partial charge in [-0.3, -0.25) is 9.69 Å². The number of rotatable bonds is 8. The number of aliphatic imine (C=N–C) groups is 1. The molecule has 1 amide bonds. The Morgan fingerprint density at radius 3 is 2.60 bits per heavy atom. The van der Waals surface area contributed by atoms with E-state index in [0.717, 1.165) is 15.7 Å². The number of hydrogen-bond donors (Lipinski definition) is 0. The molecule has 0 N–H and O–H groups in total. The molecule has 0 spiro atoms. The lowest BCUT2D eigenvalue weighted by atomic mass is 10.2. The van der Waals surface area contributed by atoms with E-state index in [1.54, 1.807) is 19.1 Å². The summed E-state index contributed by atoms with van der Waals surface area (Å²) in [5, 5.41) is 0.629. The number of benzene rings is 2. The van der Waals surface area contributed by atoms with E-state index in [-0.39, 0.29) is 5.91 Å². The SMILES string of the molecule is CCOc1cc(/C=C2\SC(=Nc3ccccc3)N(CCOC)C2=O)c(Br)cc1OC. The van der Waals surface area contributed by atoms with Crippen LogP contribution in [0.4, 0.5) is 5.69 Å². The van der Waals surface area contributed by atoms with Gasteiger partial charge in [0.05, 0.1) is 37.5 Å². The van der Waals surface area contributed by atoms with Crippen LogP contribution in [0.15, 0.2) is 56.8 Å². The highest BCUT2D eigenvalue weighted by molar-refractivity contribution is 9.10. The van der Waals surface area contributed by atoms with Gasteiger partial charge in [-0.25, -0.2) is 4.99 Å². The Labute approximate surface area is 189 Å². The number of amides is 1. The van der Waals surface area contributed by atoms with E-state index in [2.05, 4.69) is 20.9 Å². The second-order valence-electron chi connectivity index (χ2n) is 6.25. The Balaban J connectivity index is 1.97. The number of carbonyl (C=O) groups is 1. The topological polar surface area (TPSA) is 60.4 Å². The molecule has 2 aromatic rings. The fourth-order valence-corrected chi connectivity index (χ4v) is 4.27. The van der Waals surface area contributed by atoms with Gasteiger partial charge < -0.3 is 14.2 Å². The van der Waals surface area contributed by atoms with E-state index in [4.69, 9.17) is 14.2 Å². The van der Waals surface area contributed by atoms with Gasteiger partial charge in [0.2, 0.25) is 0 Å². The Bertz CT molecular complexity index is 963. The van der Waals surface area contributed by atoms with Gasteiger partial charge in [-0.1, -0.05) is 34.1 Å². The van der Waals surface area contributed by atoms with Crippen LogP contribution in [0.3, 0.4) is 0 Å². The maximum absolute atomic E-state index is 13.1. The van der Waals surface area contributed by atoms with E-state index in [1.807, 2.05) is 55.5 Å². The molecule has 0 unspecified atom stereocenters. The van der Waals surface area contributed by atoms with E-state index in [1.165, 1.54) is 11.8 Å². The van der Waals surface area contributed by atoms with Crippen LogP contribution in [0.1, 0.15) is 12.5 Å². The van der Waals surface area contributed by atoms with Crippen molar-refractivity contribution >= 4 is 50.5 Å². The molecule has 158 valence electrons. The average molecular weight is 491 g/mol. The number of ether oxygens (including phenoxy) is 3. The maximum atomic E-state index is 13.1. The second kappa shape index (κ2) is 10.7. The standard InChI is InChI=1S/C22H23BrN2O4S/c1-4-29-19-12-15(17(23)14-18(19)28-3)13-20-21(26)25(10-11-27-2)22(30-20)24-16-8-6-5-7-9-16/h5-9,12-14H,4,10-11H2,1-3H3/b20-13-,24-22?. The first-order valence-corrected chi connectivity index (χ1v) is 11.0. The summed E-state index contributed by atoms with van der Waals surface area (Å²) in [7, 11) is 3.21. The molecular formula is C22H23BrN2O4S. The lowest BCUT2D eigenvalue weighted by molar-refractivity contribution is -0.122. The molecule has 1 aliphatic rings. The number of hydrogen-bond acceptors (Lipinski definition) is 6. The van der Waals surface area contributed by atoms with E-state index < -0.39 is 0 Å². The van der Waals surface area contributed by atoms with Gasteiger partial charge in [0.15, 0.2) is 16.7 Å². The molecule has 6 nitrogen and oxygen atoms in total. The summed E-state index contributed by atoms with van der Waals surface area (Å²) >= 11 is 4.91. The van der Waals surface area contributed by atoms with Gasteiger partial charge in [0, 0.05) is 11.6 Å². The predicted molar refractivity (Wildman–Crippen MR) is 125 cm³/mol. The van der Waals surface area contributed by atoms with E-state index >= 15 is 0 Å². The van der Waals surface area contributed by atoms with Crippen molar-refractivity contribution in [3.05, 3.63) is 57.4 Å². The summed E-state index contributed by atoms with van der Waals surface area (Å²) in [4.78, 5) is 20.0. The van der Waals surface area contributed by atoms with Crippen molar-refractivity contribution in [3.8, 4) is 11.5 Å². The zero-order valence-electron chi connectivity index (χ0n) is 17.1. The molecular weight excluding hydrogens is 468 g/mol. The lowest BCUT2D eigenvalue weighted by Gasteiger charge is -2.14. The highest BCUT2D eigenvalue weighted by Crippen LogP contribution is 2.38. The third-order valence-electron chi connectivity index (χ3n) is 4.26. The predicted octanol–water partition coefficient (Wildman–Crippen LogP) is 5.11. The van der Waals surface area contributed by atoms with E-state index in [0.29, 0.717) is 41.3 Å². The molecule has 1 aliphatic heterocycles. The van der Waals surface area contributed by atoms with Crippen LogP contribution in [0.5, 0.6) is 11.5 Å². The van der Waals surface area contributed by atoms with Crippen molar-refractivity contribution < 1.29 is 19.0 Å². The van der Waals surface area contributed by atoms with Crippen LogP contribution in [-0.4, -0.2) is 50.0 Å². The zero-order valence-corrected chi connectivity index (χ0v) is 19.5. The summed E-state index contributed by atoms with van der Waals surface area (Å²) < 4.78 is 17.0. The van der Waals surface area contributed by atoms with Crippen molar-refractivity contribution in [3.63, 3.8) is 0 Å². The number of nitrogens with zero attached hydrogens (tertiary/aromatic N) is 2. The Morgan fingerprint density at radius 1 is 1.17 bits per heavy atom. The molecule has 3 rings (SSSR count). The number of carbonyl (C=O) groups excluding carboxylic acids is 1. The third kappa shape index (κ3) is 5.24. The summed E-state index contributed by atoms with van der Waals surface area (Å²) in [5.74, 6) is 1.15. The molecule has 0 bridgehead atoms. The minimum atomic E-state index is -0.104. The number of para-hydroxylation sites is 1. The van der Waals surface area contributed by atoms with Crippen LogP contribution in [0.25, 0.3) is 6.08 Å². The first-order chi connectivity index (χ1) is 14.6. The number of methoxy groups -OCH3 is 2. The molecule has 1 saturated heterocycles. The van der Waals surface area contributed by atoms with Gasteiger partial charge in [-0.15, -0.1) is 0 Å². The Kier molecular flexibility index (Phi) is 7.95. The fourth-order valence-electron chi connectivity index (χ4n) is 2.81. The summed E-state index contributed by atoms with van der Waals surface area (Å²) in [6.45, 7) is 3.28. The molecule has 0 atom stereocenters. The third-order valence-corrected chi connectivity index (χ3v) is 5.95. The van der Waals surface area contributed by atoms with Crippen LogP contribution >= 0.6 is 27.7 Å². The van der Waals surface area contributed by atoms with Gasteiger partial charge in [0.1, 0.15) is 0 Å². The number of amidine groups is 1. The molecule has 0 aliphatic carbocycles. The number of halogens is 1. The Morgan fingerprint density at radius 2 is 1.93 bits per heavy atom. The lowest BCUT2D eigenvalue weighted by Crippen LogP contribution is -2.32. The summed E-state index contributed by atoms with van der Waals surface area (Å²) in [6.07, 6.45) is 1.84. The van der Waals surface area contributed by atoms with Crippen molar-refractivity contribution in [2.24, 2.45) is 4.99 Å². The van der Waals surface area contributed by atoms with Crippen molar-refractivity contribution in [2.45, 2.75) is 6.92 Å². The Hall–Kier alpha value is -2.29. The van der Waals surface area contributed by atoms with Crippen molar-refractivity contribution in [1.29, 1.82) is 0 Å². The number of thioether (sulfide) groups is 1. The van der Waals surface area contributed by atoms with Crippen LogP contribution < -0.4 is 9.47 Å². The molecule has 0 aromatic heterocycles. The molecule has 1 heterocycles. The molecule has 0 radical (unpaired) electrons. The monoisotopic (exact) mass is 490 g/mol. The summed E-state index contributed by atoms with van der Waals surface area (Å²) in [5.41, 5.74) is 1.61. The average Bonchev–Trinajstić information content (AvgIpc) is 3.03. The minimum Gasteiger partial charge on any atom is -0.493 e. The van der Waals surface area contributed by atoms with Gasteiger partial charge >= 0.3 is 0 Å².